The molecule has 0 unspecified atom stereocenters. The molecule has 0 aliphatic rings. The van der Waals surface area contributed by atoms with Crippen LogP contribution in [0.4, 0.5) is 0 Å². The summed E-state index contributed by atoms with van der Waals surface area (Å²) in [4.78, 5) is 12.5. The van der Waals surface area contributed by atoms with Gasteiger partial charge in [0.1, 0.15) is 5.69 Å². The summed E-state index contributed by atoms with van der Waals surface area (Å²) < 4.78 is 1.76. The lowest BCUT2D eigenvalue weighted by Gasteiger charge is -2.01. The fourth-order valence-electron chi connectivity index (χ4n) is 2.51. The Bertz CT molecular complexity index is 787. The van der Waals surface area contributed by atoms with Crippen molar-refractivity contribution in [1.82, 2.24) is 9.78 Å². The fraction of sp³-hybridized carbons (Fsp3) is 0.176. The van der Waals surface area contributed by atoms with E-state index in [9.17, 15) is 4.79 Å². The molecule has 0 saturated heterocycles. The summed E-state index contributed by atoms with van der Waals surface area (Å²) in [6.45, 7) is 2.03. The molecule has 3 rings (SSSR count). The van der Waals surface area contributed by atoms with Crippen LogP contribution >= 0.6 is 0 Å². The number of Topliss-reactive ketones (excluding diaryl/α,β-unsaturated/α-hetero) is 1. The maximum absolute atomic E-state index is 12.5. The average Bonchev–Trinajstić information content (AvgIpc) is 2.77. The van der Waals surface area contributed by atoms with Crippen molar-refractivity contribution in [2.75, 3.05) is 0 Å². The number of nitrogens with zero attached hydrogens (tertiary/aromatic N) is 2. The third kappa shape index (κ3) is 2.23. The van der Waals surface area contributed by atoms with Crippen molar-refractivity contribution in [2.24, 2.45) is 7.05 Å². The molecule has 20 heavy (non-hydrogen) atoms. The van der Waals surface area contributed by atoms with E-state index < -0.39 is 0 Å². The van der Waals surface area contributed by atoms with Crippen LogP contribution in [0.5, 0.6) is 0 Å². The first-order valence-corrected chi connectivity index (χ1v) is 6.65. The van der Waals surface area contributed by atoms with Gasteiger partial charge in [-0.15, -0.1) is 0 Å². The summed E-state index contributed by atoms with van der Waals surface area (Å²) in [6.07, 6.45) is 0.392. The molecule has 0 aliphatic heterocycles. The minimum Gasteiger partial charge on any atom is -0.292 e. The molecule has 1 heterocycles. The molecule has 100 valence electrons. The van der Waals surface area contributed by atoms with Crippen LogP contribution in [0.15, 0.2) is 48.5 Å². The number of carbonyl (C=O) groups excluding carboxylic acids is 1. The standard InChI is InChI=1S/C17H16N2O/c1-12-6-5-7-13(10-12)11-16(20)17-14-8-3-4-9-15(14)19(2)18-17/h3-10H,11H2,1-2H3. The second-order valence-corrected chi connectivity index (χ2v) is 5.08. The van der Waals surface area contributed by atoms with Crippen LogP contribution in [0.2, 0.25) is 0 Å². The van der Waals surface area contributed by atoms with E-state index >= 15 is 0 Å². The number of ketones is 1. The Balaban J connectivity index is 1.97. The topological polar surface area (TPSA) is 34.9 Å². The Labute approximate surface area is 117 Å². The molecular weight excluding hydrogens is 248 g/mol. The van der Waals surface area contributed by atoms with E-state index in [4.69, 9.17) is 0 Å². The van der Waals surface area contributed by atoms with E-state index in [-0.39, 0.29) is 5.78 Å². The largest absolute Gasteiger partial charge is 0.292 e. The lowest BCUT2D eigenvalue weighted by Crippen LogP contribution is -2.05. The van der Waals surface area contributed by atoms with Crippen molar-refractivity contribution in [3.63, 3.8) is 0 Å². The summed E-state index contributed by atoms with van der Waals surface area (Å²) in [7, 11) is 1.87. The van der Waals surface area contributed by atoms with E-state index in [0.29, 0.717) is 12.1 Å². The van der Waals surface area contributed by atoms with Crippen molar-refractivity contribution in [3.8, 4) is 0 Å². The van der Waals surface area contributed by atoms with Crippen molar-refractivity contribution in [2.45, 2.75) is 13.3 Å². The molecule has 3 nitrogen and oxygen atoms in total. The van der Waals surface area contributed by atoms with Crippen molar-refractivity contribution in [1.29, 1.82) is 0 Å². The maximum atomic E-state index is 12.5. The number of fused-ring (bicyclic) bond motifs is 1. The maximum Gasteiger partial charge on any atom is 0.188 e. The molecule has 0 amide bonds. The highest BCUT2D eigenvalue weighted by atomic mass is 16.1. The molecule has 0 radical (unpaired) electrons. The fourth-order valence-corrected chi connectivity index (χ4v) is 2.51. The first-order valence-electron chi connectivity index (χ1n) is 6.65. The van der Waals surface area contributed by atoms with Gasteiger partial charge >= 0.3 is 0 Å². The summed E-state index contributed by atoms with van der Waals surface area (Å²) in [5, 5.41) is 5.30. The minimum atomic E-state index is 0.0624. The Morgan fingerprint density at radius 1 is 1.15 bits per heavy atom. The third-order valence-electron chi connectivity index (χ3n) is 3.47. The lowest BCUT2D eigenvalue weighted by atomic mass is 10.0. The Morgan fingerprint density at radius 3 is 2.75 bits per heavy atom. The van der Waals surface area contributed by atoms with Crippen molar-refractivity contribution >= 4 is 16.7 Å². The van der Waals surface area contributed by atoms with Gasteiger partial charge in [-0.25, -0.2) is 0 Å². The number of rotatable bonds is 3. The molecule has 0 N–H and O–H groups in total. The van der Waals surface area contributed by atoms with Gasteiger partial charge in [-0.2, -0.15) is 5.10 Å². The van der Waals surface area contributed by atoms with Gasteiger partial charge in [-0.1, -0.05) is 48.0 Å². The van der Waals surface area contributed by atoms with E-state index in [1.54, 1.807) is 4.68 Å². The minimum absolute atomic E-state index is 0.0624. The number of hydrogen-bond acceptors (Lipinski definition) is 2. The highest BCUT2D eigenvalue weighted by Gasteiger charge is 2.15. The number of hydrogen-bond donors (Lipinski definition) is 0. The Morgan fingerprint density at radius 2 is 1.95 bits per heavy atom. The Kier molecular flexibility index (Phi) is 3.11. The molecule has 0 aliphatic carbocycles. The molecular formula is C17H16N2O. The van der Waals surface area contributed by atoms with Crippen LogP contribution in [0.3, 0.4) is 0 Å². The number of benzene rings is 2. The van der Waals surface area contributed by atoms with Crippen LogP contribution in [-0.4, -0.2) is 15.6 Å². The van der Waals surface area contributed by atoms with Crippen molar-refractivity contribution in [3.05, 3.63) is 65.4 Å². The van der Waals surface area contributed by atoms with Gasteiger partial charge in [-0.3, -0.25) is 9.48 Å². The molecule has 1 aromatic heterocycles. The molecule has 0 spiro atoms. The quantitative estimate of drug-likeness (QED) is 0.680. The molecule has 0 bridgehead atoms. The van der Waals surface area contributed by atoms with Crippen LogP contribution in [-0.2, 0) is 13.5 Å². The predicted molar refractivity (Wildman–Crippen MR) is 79.9 cm³/mol. The zero-order valence-corrected chi connectivity index (χ0v) is 11.6. The van der Waals surface area contributed by atoms with Gasteiger partial charge in [0.25, 0.3) is 0 Å². The first kappa shape index (κ1) is 12.6. The van der Waals surface area contributed by atoms with Crippen LogP contribution < -0.4 is 0 Å². The highest BCUT2D eigenvalue weighted by Crippen LogP contribution is 2.19. The average molecular weight is 264 g/mol. The number of carbonyl (C=O) groups is 1. The highest BCUT2D eigenvalue weighted by molar-refractivity contribution is 6.06. The summed E-state index contributed by atoms with van der Waals surface area (Å²) in [6, 6.07) is 15.9. The summed E-state index contributed by atoms with van der Waals surface area (Å²) in [5.41, 5.74) is 3.75. The van der Waals surface area contributed by atoms with Crippen molar-refractivity contribution < 1.29 is 4.79 Å². The molecule has 2 aromatic carbocycles. The monoisotopic (exact) mass is 264 g/mol. The molecule has 3 aromatic rings. The van der Waals surface area contributed by atoms with E-state index in [1.807, 2.05) is 62.5 Å². The molecule has 0 atom stereocenters. The zero-order valence-electron chi connectivity index (χ0n) is 11.6. The summed E-state index contributed by atoms with van der Waals surface area (Å²) in [5.74, 6) is 0.0624. The number of para-hydroxylation sites is 1. The first-order chi connectivity index (χ1) is 9.65. The summed E-state index contributed by atoms with van der Waals surface area (Å²) >= 11 is 0. The zero-order chi connectivity index (χ0) is 14.1. The Hall–Kier alpha value is -2.42. The SMILES string of the molecule is Cc1cccc(CC(=O)c2nn(C)c3ccccc23)c1. The molecule has 0 fully saturated rings. The van der Waals surface area contributed by atoms with Crippen LogP contribution in [0, 0.1) is 6.92 Å². The second kappa shape index (κ2) is 4.93. The smallest absolute Gasteiger partial charge is 0.188 e. The molecule has 0 saturated carbocycles. The van der Waals surface area contributed by atoms with Crippen LogP contribution in [0.1, 0.15) is 21.6 Å². The van der Waals surface area contributed by atoms with Gasteiger partial charge in [0.15, 0.2) is 5.78 Å². The number of aromatic nitrogens is 2. The predicted octanol–water partition coefficient (Wildman–Crippen LogP) is 3.31. The van der Waals surface area contributed by atoms with E-state index in [0.717, 1.165) is 16.5 Å². The van der Waals surface area contributed by atoms with Gasteiger partial charge in [-0.05, 0) is 18.6 Å². The van der Waals surface area contributed by atoms with E-state index in [2.05, 4.69) is 5.10 Å². The lowest BCUT2D eigenvalue weighted by molar-refractivity contribution is 0.0989. The normalized spacial score (nSPS) is 10.9. The van der Waals surface area contributed by atoms with Gasteiger partial charge in [0, 0.05) is 18.9 Å². The van der Waals surface area contributed by atoms with Crippen LogP contribution in [0.25, 0.3) is 10.9 Å². The third-order valence-corrected chi connectivity index (χ3v) is 3.47. The number of aryl methyl sites for hydroxylation is 2. The van der Waals surface area contributed by atoms with E-state index in [1.165, 1.54) is 5.56 Å². The van der Waals surface area contributed by atoms with Gasteiger partial charge in [0.05, 0.1) is 5.52 Å². The van der Waals surface area contributed by atoms with Gasteiger partial charge < -0.3 is 0 Å². The second-order valence-electron chi connectivity index (χ2n) is 5.08. The molecule has 3 heteroatoms. The van der Waals surface area contributed by atoms with Gasteiger partial charge in [0.2, 0.25) is 0 Å².